The smallest absolute Gasteiger partial charge is 0.315 e. The Balaban J connectivity index is 1.35. The molecule has 130 valence electrons. The highest BCUT2D eigenvalue weighted by Gasteiger charge is 2.22. The molecule has 0 aliphatic carbocycles. The fourth-order valence-electron chi connectivity index (χ4n) is 2.99. The highest BCUT2D eigenvalue weighted by molar-refractivity contribution is 5.45. The minimum Gasteiger partial charge on any atom is -0.448 e. The Morgan fingerprint density at radius 2 is 2.12 bits per heavy atom. The highest BCUT2D eigenvalue weighted by atomic mass is 16.4. The lowest BCUT2D eigenvalue weighted by atomic mass is 10.00. The van der Waals surface area contributed by atoms with Gasteiger partial charge in [-0.1, -0.05) is 35.4 Å². The van der Waals surface area contributed by atoms with Crippen molar-refractivity contribution in [3.8, 4) is 11.6 Å². The van der Waals surface area contributed by atoms with Gasteiger partial charge in [-0.25, -0.2) is 4.98 Å². The molecule has 7 nitrogen and oxygen atoms in total. The van der Waals surface area contributed by atoms with Crippen molar-refractivity contribution in [1.82, 2.24) is 20.5 Å². The number of piperidine rings is 1. The van der Waals surface area contributed by atoms with E-state index in [1.54, 1.807) is 6.26 Å². The zero-order valence-corrected chi connectivity index (χ0v) is 13.9. The van der Waals surface area contributed by atoms with Crippen LogP contribution in [0.4, 0.5) is 6.01 Å². The molecule has 1 aliphatic heterocycles. The van der Waals surface area contributed by atoms with Crippen LogP contribution in [0.3, 0.4) is 0 Å². The summed E-state index contributed by atoms with van der Waals surface area (Å²) < 4.78 is 11.2. The fraction of sp³-hybridized carbons (Fsp3) is 0.389. The zero-order valence-electron chi connectivity index (χ0n) is 13.9. The summed E-state index contributed by atoms with van der Waals surface area (Å²) in [4.78, 5) is 4.51. The molecule has 0 bridgehead atoms. The Morgan fingerprint density at radius 1 is 1.20 bits per heavy atom. The number of nitrogens with zero attached hydrogens (tertiary/aromatic N) is 3. The Bertz CT molecular complexity index is 793. The van der Waals surface area contributed by atoms with Gasteiger partial charge < -0.3 is 19.5 Å². The number of anilines is 1. The molecule has 7 heteroatoms. The van der Waals surface area contributed by atoms with Crippen molar-refractivity contribution in [2.24, 2.45) is 0 Å². The normalized spacial score (nSPS) is 17.5. The van der Waals surface area contributed by atoms with E-state index in [2.05, 4.69) is 37.9 Å². The lowest BCUT2D eigenvalue weighted by Crippen LogP contribution is -2.28. The summed E-state index contributed by atoms with van der Waals surface area (Å²) in [5, 5.41) is 14.6. The molecule has 1 aliphatic rings. The first-order valence-electron chi connectivity index (χ1n) is 8.66. The summed E-state index contributed by atoms with van der Waals surface area (Å²) in [5.74, 6) is 1.42. The number of hydrogen-bond acceptors (Lipinski definition) is 7. The van der Waals surface area contributed by atoms with E-state index in [1.165, 1.54) is 5.56 Å². The van der Waals surface area contributed by atoms with Crippen LogP contribution < -0.4 is 10.6 Å². The summed E-state index contributed by atoms with van der Waals surface area (Å²) in [6.07, 6.45) is 4.70. The van der Waals surface area contributed by atoms with E-state index in [0.29, 0.717) is 23.5 Å². The van der Waals surface area contributed by atoms with Gasteiger partial charge in [0.25, 0.3) is 5.89 Å². The van der Waals surface area contributed by atoms with Gasteiger partial charge in [-0.15, -0.1) is 5.10 Å². The number of benzene rings is 1. The molecule has 3 heterocycles. The molecular formula is C18H21N5O2. The highest BCUT2D eigenvalue weighted by Crippen LogP contribution is 2.26. The average molecular weight is 339 g/mol. The van der Waals surface area contributed by atoms with Crippen LogP contribution in [0, 0.1) is 0 Å². The molecule has 1 fully saturated rings. The molecule has 2 aromatic heterocycles. The van der Waals surface area contributed by atoms with Crippen molar-refractivity contribution in [3.63, 3.8) is 0 Å². The number of rotatable bonds is 6. The monoisotopic (exact) mass is 339 g/mol. The number of aromatic nitrogens is 3. The van der Waals surface area contributed by atoms with Crippen molar-refractivity contribution >= 4 is 6.01 Å². The maximum Gasteiger partial charge on any atom is 0.315 e. The second-order valence-corrected chi connectivity index (χ2v) is 6.19. The van der Waals surface area contributed by atoms with Gasteiger partial charge in [0.1, 0.15) is 6.26 Å². The summed E-state index contributed by atoms with van der Waals surface area (Å²) >= 11 is 0. The van der Waals surface area contributed by atoms with E-state index in [-0.39, 0.29) is 0 Å². The lowest BCUT2D eigenvalue weighted by molar-refractivity contribution is 0.376. The Hall–Kier alpha value is -2.67. The first-order valence-corrected chi connectivity index (χ1v) is 8.66. The van der Waals surface area contributed by atoms with Gasteiger partial charge in [0.15, 0.2) is 11.6 Å². The Labute approximate surface area is 145 Å². The van der Waals surface area contributed by atoms with E-state index in [1.807, 2.05) is 18.2 Å². The molecule has 1 unspecified atom stereocenters. The molecule has 0 spiro atoms. The van der Waals surface area contributed by atoms with Gasteiger partial charge in [-0.2, -0.15) is 0 Å². The SMILES string of the molecule is c1ccc(CCNc2nnc(-c3coc(C4CCCNC4)n3)o2)cc1. The summed E-state index contributed by atoms with van der Waals surface area (Å²) in [7, 11) is 0. The van der Waals surface area contributed by atoms with Crippen molar-refractivity contribution in [1.29, 1.82) is 0 Å². The maximum absolute atomic E-state index is 5.64. The summed E-state index contributed by atoms with van der Waals surface area (Å²) in [6.45, 7) is 2.69. The molecule has 3 aromatic rings. The minimum absolute atomic E-state index is 0.314. The third kappa shape index (κ3) is 3.88. The van der Waals surface area contributed by atoms with Crippen LogP contribution in [-0.2, 0) is 6.42 Å². The Morgan fingerprint density at radius 3 is 2.96 bits per heavy atom. The van der Waals surface area contributed by atoms with Crippen LogP contribution in [0.25, 0.3) is 11.6 Å². The molecular weight excluding hydrogens is 318 g/mol. The van der Waals surface area contributed by atoms with E-state index in [4.69, 9.17) is 8.83 Å². The molecule has 0 radical (unpaired) electrons. The van der Waals surface area contributed by atoms with Crippen molar-refractivity contribution in [3.05, 3.63) is 48.0 Å². The third-order valence-corrected chi connectivity index (χ3v) is 4.34. The fourth-order valence-corrected chi connectivity index (χ4v) is 2.99. The van der Waals surface area contributed by atoms with Gasteiger partial charge in [0.05, 0.1) is 0 Å². The maximum atomic E-state index is 5.64. The molecule has 4 rings (SSSR count). The molecule has 2 N–H and O–H groups in total. The predicted molar refractivity (Wildman–Crippen MR) is 93.3 cm³/mol. The van der Waals surface area contributed by atoms with Crippen LogP contribution in [0.15, 0.2) is 45.4 Å². The molecule has 0 saturated carbocycles. The zero-order chi connectivity index (χ0) is 16.9. The summed E-state index contributed by atoms with van der Waals surface area (Å²) in [5.41, 5.74) is 1.85. The molecule has 1 aromatic carbocycles. The molecule has 0 amide bonds. The lowest BCUT2D eigenvalue weighted by Gasteiger charge is -2.19. The van der Waals surface area contributed by atoms with E-state index < -0.39 is 0 Å². The molecule has 1 atom stereocenters. The first kappa shape index (κ1) is 15.8. The standard InChI is InChI=1S/C18H21N5O2/c1-2-5-13(6-3-1)8-10-20-18-23-22-17(25-18)15-12-24-16(21-15)14-7-4-9-19-11-14/h1-3,5-6,12,14,19H,4,7-11H2,(H,20,23). The van der Waals surface area contributed by atoms with Gasteiger partial charge in [-0.3, -0.25) is 0 Å². The van der Waals surface area contributed by atoms with Crippen LogP contribution in [-0.4, -0.2) is 34.8 Å². The van der Waals surface area contributed by atoms with Crippen LogP contribution in [0.2, 0.25) is 0 Å². The van der Waals surface area contributed by atoms with Crippen molar-refractivity contribution < 1.29 is 8.83 Å². The van der Waals surface area contributed by atoms with Gasteiger partial charge in [0.2, 0.25) is 0 Å². The second kappa shape index (κ2) is 7.48. The number of nitrogens with one attached hydrogen (secondary N) is 2. The first-order chi connectivity index (χ1) is 12.4. The second-order valence-electron chi connectivity index (χ2n) is 6.19. The number of oxazole rings is 1. The largest absolute Gasteiger partial charge is 0.448 e. The van der Waals surface area contributed by atoms with Crippen molar-refractivity contribution in [2.45, 2.75) is 25.2 Å². The van der Waals surface area contributed by atoms with Gasteiger partial charge in [-0.05, 0) is 31.4 Å². The number of hydrogen-bond donors (Lipinski definition) is 2. The van der Waals surface area contributed by atoms with Crippen molar-refractivity contribution in [2.75, 3.05) is 25.0 Å². The van der Waals surface area contributed by atoms with Gasteiger partial charge >= 0.3 is 6.01 Å². The quantitative estimate of drug-likeness (QED) is 0.714. The topological polar surface area (TPSA) is 89.0 Å². The molecule has 25 heavy (non-hydrogen) atoms. The predicted octanol–water partition coefficient (Wildman–Crippen LogP) is 2.85. The van der Waals surface area contributed by atoms with Gasteiger partial charge in [0, 0.05) is 19.0 Å². The van der Waals surface area contributed by atoms with Crippen LogP contribution in [0.5, 0.6) is 0 Å². The minimum atomic E-state index is 0.314. The average Bonchev–Trinajstić information content (AvgIpc) is 3.33. The third-order valence-electron chi connectivity index (χ3n) is 4.34. The van der Waals surface area contributed by atoms with E-state index in [9.17, 15) is 0 Å². The van der Waals surface area contributed by atoms with Crippen LogP contribution in [0.1, 0.15) is 30.2 Å². The summed E-state index contributed by atoms with van der Waals surface area (Å²) in [6, 6.07) is 10.7. The van der Waals surface area contributed by atoms with E-state index in [0.717, 1.165) is 44.8 Å². The van der Waals surface area contributed by atoms with Crippen LogP contribution >= 0.6 is 0 Å². The molecule has 1 saturated heterocycles. The Kier molecular flexibility index (Phi) is 4.74. The van der Waals surface area contributed by atoms with E-state index >= 15 is 0 Å².